The van der Waals surface area contributed by atoms with Crippen molar-refractivity contribution in [2.24, 2.45) is 0 Å². The number of hydrogen-bond donors (Lipinski definition) is 3. The van der Waals surface area contributed by atoms with Crippen molar-refractivity contribution in [1.82, 2.24) is 0 Å². The van der Waals surface area contributed by atoms with Gasteiger partial charge in [0.05, 0.1) is 15.7 Å². The Morgan fingerprint density at radius 2 is 1.52 bits per heavy atom. The van der Waals surface area contributed by atoms with Crippen LogP contribution in [0.5, 0.6) is 0 Å². The van der Waals surface area contributed by atoms with Gasteiger partial charge in [-0.25, -0.2) is 0 Å². The molecule has 1 amide bonds. The fourth-order valence-corrected chi connectivity index (χ4v) is 2.78. The molecule has 3 aromatic carbocycles. The van der Waals surface area contributed by atoms with Gasteiger partial charge in [-0.05, 0) is 48.5 Å². The lowest BCUT2D eigenvalue weighted by molar-refractivity contribution is -0.112. The first-order chi connectivity index (χ1) is 14.1. The third-order valence-electron chi connectivity index (χ3n) is 3.90. The van der Waals surface area contributed by atoms with Gasteiger partial charge in [0.15, 0.2) is 0 Å². The zero-order valence-corrected chi connectivity index (χ0v) is 16.6. The summed E-state index contributed by atoms with van der Waals surface area (Å²) in [6.45, 7) is 0. The molecule has 3 rings (SSSR count). The molecular weight excluding hydrogens is 407 g/mol. The van der Waals surface area contributed by atoms with Crippen LogP contribution >= 0.6 is 23.2 Å². The van der Waals surface area contributed by atoms with Crippen LogP contribution in [-0.2, 0) is 4.79 Å². The van der Waals surface area contributed by atoms with Gasteiger partial charge < -0.3 is 16.0 Å². The number of nitriles is 1. The highest BCUT2D eigenvalue weighted by Crippen LogP contribution is 2.29. The van der Waals surface area contributed by atoms with E-state index < -0.39 is 5.91 Å². The molecule has 0 atom stereocenters. The number of carbonyl (C=O) groups excluding carboxylic acids is 1. The number of nitrogens with zero attached hydrogens (tertiary/aromatic N) is 1. The number of nitrogens with one attached hydrogen (secondary N) is 3. The van der Waals surface area contributed by atoms with Gasteiger partial charge in [-0.3, -0.25) is 4.79 Å². The zero-order valence-electron chi connectivity index (χ0n) is 15.1. The summed E-state index contributed by atoms with van der Waals surface area (Å²) >= 11 is 12.0. The van der Waals surface area contributed by atoms with E-state index in [0.29, 0.717) is 10.7 Å². The third-order valence-corrected chi connectivity index (χ3v) is 4.71. The highest BCUT2D eigenvalue weighted by molar-refractivity contribution is 6.44. The van der Waals surface area contributed by atoms with Gasteiger partial charge in [0.1, 0.15) is 11.6 Å². The second-order valence-electron chi connectivity index (χ2n) is 5.94. The lowest BCUT2D eigenvalue weighted by Crippen LogP contribution is -2.14. The van der Waals surface area contributed by atoms with Crippen LogP contribution in [0.3, 0.4) is 0 Å². The van der Waals surface area contributed by atoms with Crippen LogP contribution in [0.15, 0.2) is 84.6 Å². The van der Waals surface area contributed by atoms with Crippen molar-refractivity contribution in [1.29, 1.82) is 5.26 Å². The number of para-hydroxylation sites is 1. The molecule has 0 saturated heterocycles. The number of rotatable bonds is 6. The Morgan fingerprint density at radius 1 is 0.862 bits per heavy atom. The molecule has 0 fully saturated rings. The summed E-state index contributed by atoms with van der Waals surface area (Å²) in [7, 11) is 0. The lowest BCUT2D eigenvalue weighted by atomic mass is 10.2. The number of benzene rings is 3. The Hall–Kier alpha value is -3.46. The van der Waals surface area contributed by atoms with E-state index in [1.54, 1.807) is 18.2 Å². The minimum atomic E-state index is -0.591. The molecule has 0 radical (unpaired) electrons. The highest BCUT2D eigenvalue weighted by atomic mass is 35.5. The summed E-state index contributed by atoms with van der Waals surface area (Å²) in [6, 6.07) is 24.0. The smallest absolute Gasteiger partial charge is 0.267 e. The van der Waals surface area contributed by atoms with E-state index in [4.69, 9.17) is 23.2 Å². The molecule has 29 heavy (non-hydrogen) atoms. The van der Waals surface area contributed by atoms with Crippen LogP contribution in [0.25, 0.3) is 0 Å². The Balaban J connectivity index is 1.64. The van der Waals surface area contributed by atoms with Gasteiger partial charge in [-0.2, -0.15) is 5.26 Å². The Kier molecular flexibility index (Phi) is 6.75. The molecule has 3 N–H and O–H groups in total. The first-order valence-corrected chi connectivity index (χ1v) is 9.37. The van der Waals surface area contributed by atoms with Crippen LogP contribution in [-0.4, -0.2) is 5.91 Å². The topological polar surface area (TPSA) is 77.0 Å². The fraction of sp³-hybridized carbons (Fsp3) is 0. The minimum Gasteiger partial charge on any atom is -0.360 e. The van der Waals surface area contributed by atoms with E-state index in [9.17, 15) is 10.1 Å². The molecule has 0 saturated carbocycles. The fourth-order valence-electron chi connectivity index (χ4n) is 2.43. The molecule has 5 nitrogen and oxygen atoms in total. The molecule has 0 aliphatic rings. The molecule has 3 aromatic rings. The summed E-state index contributed by atoms with van der Waals surface area (Å²) in [5, 5.41) is 18.6. The largest absolute Gasteiger partial charge is 0.360 e. The number of hydrogen-bond acceptors (Lipinski definition) is 4. The average molecular weight is 423 g/mol. The van der Waals surface area contributed by atoms with E-state index >= 15 is 0 Å². The molecule has 144 valence electrons. The molecule has 0 aromatic heterocycles. The number of anilines is 4. The predicted molar refractivity (Wildman–Crippen MR) is 119 cm³/mol. The SMILES string of the molecule is N#C/C(=C/Nc1ccc(Nc2ccccc2)cc1)C(=O)Nc1cccc(Cl)c1Cl. The van der Waals surface area contributed by atoms with Gasteiger partial charge in [-0.15, -0.1) is 0 Å². The second-order valence-corrected chi connectivity index (χ2v) is 6.72. The standard InChI is InChI=1S/C22H16Cl2N4O/c23-19-7-4-8-20(21(19)24)28-22(29)15(13-25)14-26-16-9-11-18(12-10-16)27-17-5-2-1-3-6-17/h1-12,14,26-27H,(H,28,29)/b15-14-. The van der Waals surface area contributed by atoms with Crippen molar-refractivity contribution in [3.8, 4) is 6.07 Å². The number of carbonyl (C=O) groups is 1. The maximum atomic E-state index is 12.3. The Bertz CT molecular complexity index is 1070. The molecule has 0 unspecified atom stereocenters. The lowest BCUT2D eigenvalue weighted by Gasteiger charge is -2.09. The first kappa shape index (κ1) is 20.3. The number of amides is 1. The van der Waals surface area contributed by atoms with Crippen LogP contribution in [0.4, 0.5) is 22.7 Å². The summed E-state index contributed by atoms with van der Waals surface area (Å²) in [6.07, 6.45) is 1.34. The van der Waals surface area contributed by atoms with E-state index in [1.807, 2.05) is 60.7 Å². The van der Waals surface area contributed by atoms with E-state index in [0.717, 1.165) is 17.1 Å². The molecule has 0 spiro atoms. The Morgan fingerprint density at radius 3 is 2.21 bits per heavy atom. The zero-order chi connectivity index (χ0) is 20.6. The van der Waals surface area contributed by atoms with Gasteiger partial charge in [0.25, 0.3) is 5.91 Å². The molecule has 0 aliphatic heterocycles. The third kappa shape index (κ3) is 5.52. The summed E-state index contributed by atoms with van der Waals surface area (Å²) in [5.74, 6) is -0.591. The van der Waals surface area contributed by atoms with Crippen molar-refractivity contribution in [3.05, 3.63) is 94.6 Å². The molecule has 7 heteroatoms. The van der Waals surface area contributed by atoms with Crippen LogP contribution in [0.2, 0.25) is 10.0 Å². The van der Waals surface area contributed by atoms with Crippen molar-refractivity contribution in [3.63, 3.8) is 0 Å². The van der Waals surface area contributed by atoms with Crippen molar-refractivity contribution in [2.45, 2.75) is 0 Å². The maximum absolute atomic E-state index is 12.3. The minimum absolute atomic E-state index is 0.104. The van der Waals surface area contributed by atoms with E-state index in [1.165, 1.54) is 6.20 Å². The molecule has 0 aliphatic carbocycles. The Labute approximate surface area is 178 Å². The number of halogens is 2. The van der Waals surface area contributed by atoms with E-state index in [-0.39, 0.29) is 10.6 Å². The molecule has 0 heterocycles. The van der Waals surface area contributed by atoms with Gasteiger partial charge in [0.2, 0.25) is 0 Å². The van der Waals surface area contributed by atoms with Crippen LogP contribution in [0.1, 0.15) is 0 Å². The average Bonchev–Trinajstić information content (AvgIpc) is 2.74. The predicted octanol–water partition coefficient (Wildman–Crippen LogP) is 6.20. The van der Waals surface area contributed by atoms with Gasteiger partial charge >= 0.3 is 0 Å². The van der Waals surface area contributed by atoms with Crippen molar-refractivity contribution >= 4 is 51.9 Å². The van der Waals surface area contributed by atoms with Crippen LogP contribution < -0.4 is 16.0 Å². The quantitative estimate of drug-likeness (QED) is 0.326. The molecule has 0 bridgehead atoms. The van der Waals surface area contributed by atoms with Gasteiger partial charge in [-0.1, -0.05) is 47.5 Å². The monoisotopic (exact) mass is 422 g/mol. The van der Waals surface area contributed by atoms with Crippen molar-refractivity contribution in [2.75, 3.05) is 16.0 Å². The second kappa shape index (κ2) is 9.65. The maximum Gasteiger partial charge on any atom is 0.267 e. The highest BCUT2D eigenvalue weighted by Gasteiger charge is 2.12. The van der Waals surface area contributed by atoms with Crippen LogP contribution in [0, 0.1) is 11.3 Å². The summed E-state index contributed by atoms with van der Waals surface area (Å²) < 4.78 is 0. The normalized spacial score (nSPS) is 10.7. The first-order valence-electron chi connectivity index (χ1n) is 8.61. The summed E-state index contributed by atoms with van der Waals surface area (Å²) in [5.41, 5.74) is 2.86. The molecular formula is C22H16Cl2N4O. The van der Waals surface area contributed by atoms with Gasteiger partial charge in [0, 0.05) is 23.3 Å². The van der Waals surface area contributed by atoms with Crippen molar-refractivity contribution < 1.29 is 4.79 Å². The summed E-state index contributed by atoms with van der Waals surface area (Å²) in [4.78, 5) is 12.3. The van der Waals surface area contributed by atoms with E-state index in [2.05, 4.69) is 16.0 Å².